The molecule has 0 aliphatic carbocycles. The Morgan fingerprint density at radius 3 is 2.49 bits per heavy atom. The number of halogens is 2. The highest BCUT2D eigenvalue weighted by Crippen LogP contribution is 2.26. The van der Waals surface area contributed by atoms with Gasteiger partial charge in [0.2, 0.25) is 5.62 Å². The van der Waals surface area contributed by atoms with Crippen molar-refractivity contribution in [3.63, 3.8) is 0 Å². The van der Waals surface area contributed by atoms with E-state index in [1.165, 1.54) is 11.3 Å². The zero-order valence-electron chi connectivity index (χ0n) is 20.1. The lowest BCUT2D eigenvalue weighted by atomic mass is 10.1. The number of carbonyl (C=O) groups excluding carboxylic acids is 2. The predicted octanol–water partition coefficient (Wildman–Crippen LogP) is 6.49. The number of thiophene rings is 1. The molecule has 188 valence electrons. The number of nitrogens with zero attached hydrogens (tertiary/aromatic N) is 3. The second-order valence-electron chi connectivity index (χ2n) is 8.83. The third-order valence-electron chi connectivity index (χ3n) is 6.36. The summed E-state index contributed by atoms with van der Waals surface area (Å²) < 4.78 is 4.57. The van der Waals surface area contributed by atoms with E-state index in [0.29, 0.717) is 45.5 Å². The van der Waals surface area contributed by atoms with Crippen LogP contribution in [-0.2, 0) is 13.1 Å². The SMILES string of the molecule is CN(CCCn1c(=N)n(CC(=O)c2ccc(Cl)cc2)c2cccc(Cl)c21)C(=O)c1cc2ccccc2s1. The molecule has 0 saturated heterocycles. The molecule has 0 bridgehead atoms. The summed E-state index contributed by atoms with van der Waals surface area (Å²) >= 11 is 14.0. The summed E-state index contributed by atoms with van der Waals surface area (Å²) in [6.45, 7) is 1.00. The van der Waals surface area contributed by atoms with Crippen LogP contribution in [0.25, 0.3) is 21.1 Å². The van der Waals surface area contributed by atoms with Gasteiger partial charge in [0.15, 0.2) is 5.78 Å². The molecule has 0 saturated carbocycles. The van der Waals surface area contributed by atoms with Gasteiger partial charge in [-0.1, -0.05) is 47.5 Å². The summed E-state index contributed by atoms with van der Waals surface area (Å²) in [7, 11) is 1.79. The number of hydrogen-bond acceptors (Lipinski definition) is 4. The molecule has 0 atom stereocenters. The van der Waals surface area contributed by atoms with Gasteiger partial charge in [0.05, 0.1) is 27.5 Å². The molecule has 9 heteroatoms. The Kier molecular flexibility index (Phi) is 7.20. The zero-order chi connectivity index (χ0) is 26.1. The van der Waals surface area contributed by atoms with Crippen LogP contribution in [0.1, 0.15) is 26.5 Å². The number of fused-ring (bicyclic) bond motifs is 2. The smallest absolute Gasteiger partial charge is 0.263 e. The number of Topliss-reactive ketones (excluding diaryl/α,β-unsaturated/α-hetero) is 1. The van der Waals surface area contributed by atoms with Crippen LogP contribution in [0.3, 0.4) is 0 Å². The monoisotopic (exact) mass is 550 g/mol. The van der Waals surface area contributed by atoms with Crippen LogP contribution >= 0.6 is 34.5 Å². The standard InChI is InChI=1S/C28H24Cl2N4O2S/c1-32(27(36)25-16-19-6-2-3-9-24(19)37-25)14-5-15-33-26-21(30)7-4-8-22(26)34(28(33)31)17-23(35)18-10-12-20(29)13-11-18/h2-4,6-13,16,31H,5,14-15,17H2,1H3. The van der Waals surface area contributed by atoms with Crippen molar-refractivity contribution in [2.75, 3.05) is 13.6 Å². The van der Waals surface area contributed by atoms with E-state index in [2.05, 4.69) is 0 Å². The molecule has 1 N–H and O–H groups in total. The number of amides is 1. The summed E-state index contributed by atoms with van der Waals surface area (Å²) in [5, 5.41) is 11.0. The molecule has 0 fully saturated rings. The quantitative estimate of drug-likeness (QED) is 0.224. The molecule has 5 rings (SSSR count). The fraction of sp³-hybridized carbons (Fsp3) is 0.179. The van der Waals surface area contributed by atoms with Crippen molar-refractivity contribution >= 4 is 67.3 Å². The molecule has 2 aromatic heterocycles. The highest BCUT2D eigenvalue weighted by atomic mass is 35.5. The fourth-order valence-electron chi connectivity index (χ4n) is 4.45. The van der Waals surface area contributed by atoms with Crippen molar-refractivity contribution < 1.29 is 9.59 Å². The third kappa shape index (κ3) is 5.07. The number of para-hydroxylation sites is 1. The van der Waals surface area contributed by atoms with Crippen LogP contribution in [0.4, 0.5) is 0 Å². The van der Waals surface area contributed by atoms with E-state index in [-0.39, 0.29) is 23.9 Å². The van der Waals surface area contributed by atoms with Crippen molar-refractivity contribution in [1.82, 2.24) is 14.0 Å². The van der Waals surface area contributed by atoms with Crippen LogP contribution in [0.2, 0.25) is 10.0 Å². The lowest BCUT2D eigenvalue weighted by molar-refractivity contribution is 0.0796. The minimum Gasteiger partial charge on any atom is -0.341 e. The number of aromatic nitrogens is 2. The average molecular weight is 551 g/mol. The minimum absolute atomic E-state index is 0.00857. The molecule has 2 heterocycles. The molecule has 0 unspecified atom stereocenters. The summed E-state index contributed by atoms with van der Waals surface area (Å²) in [5.41, 5.74) is 2.13. The molecule has 0 spiro atoms. The maximum absolute atomic E-state index is 13.0. The summed E-state index contributed by atoms with van der Waals surface area (Å²) in [4.78, 5) is 28.4. The molecule has 0 aliphatic rings. The predicted molar refractivity (Wildman–Crippen MR) is 150 cm³/mol. The Morgan fingerprint density at radius 1 is 0.973 bits per heavy atom. The van der Waals surface area contributed by atoms with Gasteiger partial charge in [-0.2, -0.15) is 0 Å². The van der Waals surface area contributed by atoms with E-state index >= 15 is 0 Å². The van der Waals surface area contributed by atoms with Crippen molar-refractivity contribution in [1.29, 1.82) is 5.41 Å². The highest BCUT2D eigenvalue weighted by molar-refractivity contribution is 7.20. The van der Waals surface area contributed by atoms with Crippen LogP contribution in [-0.4, -0.2) is 39.3 Å². The van der Waals surface area contributed by atoms with Crippen molar-refractivity contribution in [2.45, 2.75) is 19.5 Å². The van der Waals surface area contributed by atoms with Crippen LogP contribution < -0.4 is 5.62 Å². The highest BCUT2D eigenvalue weighted by Gasteiger charge is 2.18. The van der Waals surface area contributed by atoms with Crippen molar-refractivity contribution in [3.05, 3.63) is 98.9 Å². The number of hydrogen-bond donors (Lipinski definition) is 1. The molecule has 5 aromatic rings. The second-order valence-corrected chi connectivity index (χ2v) is 10.8. The summed E-state index contributed by atoms with van der Waals surface area (Å²) in [5.74, 6) is -0.144. The summed E-state index contributed by atoms with van der Waals surface area (Å²) in [6.07, 6.45) is 0.624. The Bertz CT molecular complexity index is 1650. The van der Waals surface area contributed by atoms with E-state index in [9.17, 15) is 9.59 Å². The Labute approximate surface area is 227 Å². The van der Waals surface area contributed by atoms with E-state index in [0.717, 1.165) is 15.6 Å². The van der Waals surface area contributed by atoms with Crippen molar-refractivity contribution in [2.24, 2.45) is 0 Å². The molecule has 3 aromatic carbocycles. The normalized spacial score (nSPS) is 11.3. The van der Waals surface area contributed by atoms with Gasteiger partial charge >= 0.3 is 0 Å². The van der Waals surface area contributed by atoms with Crippen LogP contribution in [0.5, 0.6) is 0 Å². The molecular formula is C28H24Cl2N4O2S. The molecule has 0 radical (unpaired) electrons. The van der Waals surface area contributed by atoms with Gasteiger partial charge in [-0.15, -0.1) is 11.3 Å². The molecule has 6 nitrogen and oxygen atoms in total. The molecule has 37 heavy (non-hydrogen) atoms. The minimum atomic E-state index is -0.122. The number of benzene rings is 3. The first kappa shape index (κ1) is 25.3. The second kappa shape index (κ2) is 10.5. The van der Waals surface area contributed by atoms with E-state index in [4.69, 9.17) is 28.6 Å². The van der Waals surface area contributed by atoms with E-state index in [1.54, 1.807) is 46.8 Å². The average Bonchev–Trinajstić information content (AvgIpc) is 3.44. The van der Waals surface area contributed by atoms with Gasteiger partial charge in [0, 0.05) is 35.4 Å². The first-order valence-corrected chi connectivity index (χ1v) is 13.4. The largest absolute Gasteiger partial charge is 0.341 e. The topological polar surface area (TPSA) is 71.1 Å². The number of rotatable bonds is 8. The van der Waals surface area contributed by atoms with E-state index < -0.39 is 0 Å². The summed E-state index contributed by atoms with van der Waals surface area (Å²) in [6, 6.07) is 22.1. The Hall–Kier alpha value is -3.39. The lowest BCUT2D eigenvalue weighted by Crippen LogP contribution is -2.30. The molecular weight excluding hydrogens is 527 g/mol. The molecule has 1 amide bonds. The lowest BCUT2D eigenvalue weighted by Gasteiger charge is -2.16. The fourth-order valence-corrected chi connectivity index (χ4v) is 5.90. The molecule has 0 aliphatic heterocycles. The van der Waals surface area contributed by atoms with Gasteiger partial charge in [-0.05, 0) is 60.3 Å². The Morgan fingerprint density at radius 2 is 1.73 bits per heavy atom. The van der Waals surface area contributed by atoms with Gasteiger partial charge in [-0.25, -0.2) is 0 Å². The Balaban J connectivity index is 1.34. The number of ketones is 1. The van der Waals surface area contributed by atoms with Crippen molar-refractivity contribution in [3.8, 4) is 0 Å². The first-order chi connectivity index (χ1) is 17.8. The first-order valence-electron chi connectivity index (χ1n) is 11.8. The van der Waals surface area contributed by atoms with Gasteiger partial charge in [0.1, 0.15) is 0 Å². The number of imidazole rings is 1. The number of aryl methyl sites for hydroxylation is 1. The third-order valence-corrected chi connectivity index (χ3v) is 8.02. The van der Waals surface area contributed by atoms with E-state index in [1.807, 2.05) is 47.0 Å². The van der Waals surface area contributed by atoms with Gasteiger partial charge in [0.25, 0.3) is 5.91 Å². The van der Waals surface area contributed by atoms with Gasteiger partial charge < -0.3 is 14.0 Å². The van der Waals surface area contributed by atoms with Crippen LogP contribution in [0.15, 0.2) is 72.8 Å². The maximum Gasteiger partial charge on any atom is 0.263 e. The number of nitrogens with one attached hydrogen (secondary N) is 1. The van der Waals surface area contributed by atoms with Crippen LogP contribution in [0, 0.1) is 5.41 Å². The number of carbonyl (C=O) groups is 2. The zero-order valence-corrected chi connectivity index (χ0v) is 22.4. The maximum atomic E-state index is 13.0. The van der Waals surface area contributed by atoms with Gasteiger partial charge in [-0.3, -0.25) is 15.0 Å².